The minimum atomic E-state index is -5.08. The molecule has 3 rings (SSSR count). The van der Waals surface area contributed by atoms with Crippen molar-refractivity contribution in [3.8, 4) is 0 Å². The molecule has 300 valence electrons. The molecule has 3 aromatic carbocycles. The molecule has 0 aliphatic rings. The highest BCUT2D eigenvalue weighted by molar-refractivity contribution is 5.92. The molecule has 0 spiro atoms. The van der Waals surface area contributed by atoms with Gasteiger partial charge >= 0.3 is 30.3 Å². The molecule has 20 heteroatoms. The van der Waals surface area contributed by atoms with Gasteiger partial charge in [-0.2, -0.15) is 26.3 Å². The molecule has 0 aromatic heterocycles. The van der Waals surface area contributed by atoms with Gasteiger partial charge in [0.25, 0.3) is 0 Å². The molecule has 0 saturated heterocycles. The summed E-state index contributed by atoms with van der Waals surface area (Å²) >= 11 is 0. The summed E-state index contributed by atoms with van der Waals surface area (Å²) in [6.07, 6.45) is -9.31. The van der Waals surface area contributed by atoms with E-state index in [9.17, 15) is 40.7 Å². The molecule has 14 nitrogen and oxygen atoms in total. The Morgan fingerprint density at radius 1 is 0.673 bits per heavy atom. The zero-order valence-corrected chi connectivity index (χ0v) is 29.3. The second-order valence-corrected chi connectivity index (χ2v) is 11.1. The topological polar surface area (TPSA) is 238 Å². The number of carboxylic acid groups (broad SMARTS) is 2. The molecule has 0 radical (unpaired) electrons. The maximum Gasteiger partial charge on any atom is 0.490 e. The summed E-state index contributed by atoms with van der Waals surface area (Å²) in [5.41, 5.74) is 14.4. The Morgan fingerprint density at radius 2 is 1.09 bits per heavy atom. The van der Waals surface area contributed by atoms with Gasteiger partial charge in [-0.05, 0) is 42.0 Å². The van der Waals surface area contributed by atoms with Crippen LogP contribution >= 0.6 is 0 Å². The van der Waals surface area contributed by atoms with Gasteiger partial charge in [-0.3, -0.25) is 14.6 Å². The van der Waals surface area contributed by atoms with E-state index in [1.165, 1.54) is 0 Å². The number of aliphatic imine (C=N–C) groups is 1. The molecule has 0 unspecified atom stereocenters. The van der Waals surface area contributed by atoms with E-state index in [2.05, 4.69) is 26.3 Å². The number of alkyl halides is 6. The Hall–Kier alpha value is -6.34. The molecule has 10 N–H and O–H groups in total. The van der Waals surface area contributed by atoms with Gasteiger partial charge in [0, 0.05) is 26.2 Å². The Morgan fingerprint density at radius 3 is 1.47 bits per heavy atom. The van der Waals surface area contributed by atoms with Crippen molar-refractivity contribution in [3.63, 3.8) is 0 Å². The van der Waals surface area contributed by atoms with Crippen LogP contribution in [0.3, 0.4) is 0 Å². The number of rotatable bonds is 14. The maximum atomic E-state index is 13.7. The predicted molar refractivity (Wildman–Crippen MR) is 188 cm³/mol. The Balaban J connectivity index is 0.000000913. The summed E-state index contributed by atoms with van der Waals surface area (Å²) in [5, 5.41) is 25.6. The molecule has 0 aliphatic heterocycles. The summed E-state index contributed by atoms with van der Waals surface area (Å²) in [6.45, 7) is 3.43. The number of guanidine groups is 1. The van der Waals surface area contributed by atoms with Gasteiger partial charge in [-0.15, -0.1) is 0 Å². The summed E-state index contributed by atoms with van der Waals surface area (Å²) in [7, 11) is 0. The zero-order valence-electron chi connectivity index (χ0n) is 29.3. The average molecular weight is 786 g/mol. The van der Waals surface area contributed by atoms with Crippen LogP contribution in [0.25, 0.3) is 0 Å². The Labute approximate surface area is 311 Å². The molecular weight excluding hydrogens is 744 g/mol. The summed E-state index contributed by atoms with van der Waals surface area (Å²) < 4.78 is 63.5. The van der Waals surface area contributed by atoms with Gasteiger partial charge in [0.2, 0.25) is 11.8 Å². The van der Waals surface area contributed by atoms with Gasteiger partial charge in [-0.25, -0.2) is 14.4 Å². The first-order valence-electron chi connectivity index (χ1n) is 16.2. The SMILES string of the molecule is CCNC(=O)NCc1ccc(CNC(=O)[C@@H](CCCN=C(N)N)NC(=O)C(c2ccccc2)c2ccccc2)cc1.O=C(O)C(F)(F)F.O=C(O)C(F)(F)F. The number of nitrogens with one attached hydrogen (secondary N) is 4. The smallest absolute Gasteiger partial charge is 0.475 e. The first-order valence-corrected chi connectivity index (χ1v) is 16.2. The number of hydrogen-bond acceptors (Lipinski definition) is 6. The second kappa shape index (κ2) is 23.4. The molecule has 0 heterocycles. The predicted octanol–water partition coefficient (Wildman–Crippen LogP) is 3.76. The summed E-state index contributed by atoms with van der Waals surface area (Å²) in [6, 6.07) is 25.5. The van der Waals surface area contributed by atoms with Crippen molar-refractivity contribution >= 4 is 35.7 Å². The third-order valence-corrected chi connectivity index (χ3v) is 6.87. The molecular formula is C35H41F6N7O7. The van der Waals surface area contributed by atoms with E-state index in [1.54, 1.807) is 0 Å². The van der Waals surface area contributed by atoms with E-state index in [1.807, 2.05) is 91.9 Å². The minimum absolute atomic E-state index is 0.0205. The van der Waals surface area contributed by atoms with Crippen LogP contribution in [-0.4, -0.2) is 77.4 Å². The fourth-order valence-electron chi connectivity index (χ4n) is 4.31. The lowest BCUT2D eigenvalue weighted by Gasteiger charge is -2.23. The normalized spacial score (nSPS) is 11.3. The Bertz CT molecular complexity index is 1630. The van der Waals surface area contributed by atoms with E-state index in [-0.39, 0.29) is 30.3 Å². The van der Waals surface area contributed by atoms with Crippen molar-refractivity contribution in [2.75, 3.05) is 13.1 Å². The number of hydrogen-bond donors (Lipinski definition) is 8. The van der Waals surface area contributed by atoms with E-state index in [0.29, 0.717) is 32.5 Å². The molecule has 55 heavy (non-hydrogen) atoms. The first-order chi connectivity index (χ1) is 25.8. The number of halogens is 6. The molecule has 0 aliphatic carbocycles. The lowest BCUT2D eigenvalue weighted by molar-refractivity contribution is -0.193. The molecule has 1 atom stereocenters. The van der Waals surface area contributed by atoms with Crippen molar-refractivity contribution < 1.29 is 60.5 Å². The van der Waals surface area contributed by atoms with E-state index in [0.717, 1.165) is 22.3 Å². The van der Waals surface area contributed by atoms with Crippen molar-refractivity contribution in [2.24, 2.45) is 16.5 Å². The van der Waals surface area contributed by atoms with E-state index >= 15 is 0 Å². The van der Waals surface area contributed by atoms with Crippen LogP contribution in [0.15, 0.2) is 89.9 Å². The standard InChI is InChI=1S/C31H39N7O3.2C2HF3O2/c1-2-34-31(41)37-21-23-17-15-22(16-18-23)20-36-28(39)26(14-9-19-35-30(32)33)38-29(40)27(24-10-5-3-6-11-24)25-12-7-4-8-13-25;2*3-2(4,5)1(6)7/h3-8,10-13,15-18,26-27H,2,9,14,19-21H2,1H3,(H,36,39)(H,38,40)(H4,32,33,35)(H2,34,37,41);2*(H,6,7)/t26-;;/m1../s1. The number of carbonyl (C=O) groups excluding carboxylic acids is 3. The van der Waals surface area contributed by atoms with Gasteiger partial charge in [0.15, 0.2) is 5.96 Å². The van der Waals surface area contributed by atoms with Crippen molar-refractivity contribution in [3.05, 3.63) is 107 Å². The highest BCUT2D eigenvalue weighted by Gasteiger charge is 2.39. The number of carbonyl (C=O) groups is 5. The second-order valence-electron chi connectivity index (χ2n) is 11.1. The lowest BCUT2D eigenvalue weighted by Crippen LogP contribution is -2.48. The van der Waals surface area contributed by atoms with E-state index < -0.39 is 36.3 Å². The Kier molecular flexibility index (Phi) is 19.8. The van der Waals surface area contributed by atoms with Crippen LogP contribution in [0.2, 0.25) is 0 Å². The monoisotopic (exact) mass is 785 g/mol. The first kappa shape index (κ1) is 46.7. The molecule has 0 fully saturated rings. The number of nitrogens with zero attached hydrogens (tertiary/aromatic N) is 1. The van der Waals surface area contributed by atoms with Crippen LogP contribution in [-0.2, 0) is 32.3 Å². The molecule has 0 saturated carbocycles. The van der Waals surface area contributed by atoms with Gasteiger partial charge in [0.05, 0.1) is 5.92 Å². The van der Waals surface area contributed by atoms with E-state index in [4.69, 9.17) is 31.3 Å². The summed E-state index contributed by atoms with van der Waals surface area (Å²) in [4.78, 5) is 60.4. The third kappa shape index (κ3) is 19.3. The van der Waals surface area contributed by atoms with Crippen molar-refractivity contribution in [1.29, 1.82) is 0 Å². The minimum Gasteiger partial charge on any atom is -0.475 e. The number of nitrogens with two attached hydrogens (primary N) is 2. The molecule has 0 bridgehead atoms. The number of urea groups is 1. The van der Waals surface area contributed by atoms with Crippen LogP contribution in [0.4, 0.5) is 31.1 Å². The van der Waals surface area contributed by atoms with Crippen LogP contribution < -0.4 is 32.7 Å². The fraction of sp³-hybridized carbons (Fsp3) is 0.314. The van der Waals surface area contributed by atoms with Gasteiger partial charge in [0.1, 0.15) is 6.04 Å². The van der Waals surface area contributed by atoms with Crippen LogP contribution in [0.5, 0.6) is 0 Å². The highest BCUT2D eigenvalue weighted by Crippen LogP contribution is 2.25. The fourth-order valence-corrected chi connectivity index (χ4v) is 4.31. The van der Waals surface area contributed by atoms with Crippen LogP contribution in [0, 0.1) is 0 Å². The number of amides is 4. The average Bonchev–Trinajstić information content (AvgIpc) is 3.12. The van der Waals surface area contributed by atoms with Crippen LogP contribution in [0.1, 0.15) is 47.9 Å². The number of carboxylic acids is 2. The lowest BCUT2D eigenvalue weighted by atomic mass is 9.90. The zero-order chi connectivity index (χ0) is 41.6. The highest BCUT2D eigenvalue weighted by atomic mass is 19.4. The quantitative estimate of drug-likeness (QED) is 0.0513. The third-order valence-electron chi connectivity index (χ3n) is 6.87. The molecule has 4 amide bonds. The summed E-state index contributed by atoms with van der Waals surface area (Å²) in [5.74, 6) is -6.68. The van der Waals surface area contributed by atoms with Gasteiger partial charge in [-0.1, -0.05) is 84.9 Å². The largest absolute Gasteiger partial charge is 0.490 e. The molecule has 3 aromatic rings. The van der Waals surface area contributed by atoms with Gasteiger partial charge < -0.3 is 42.9 Å². The maximum absolute atomic E-state index is 13.7. The number of benzene rings is 3. The van der Waals surface area contributed by atoms with Crippen molar-refractivity contribution in [2.45, 2.75) is 57.2 Å². The van der Waals surface area contributed by atoms with Crippen molar-refractivity contribution in [1.82, 2.24) is 21.3 Å². The number of aliphatic carboxylic acids is 2.